The number of hydrogen-bond donors (Lipinski definition) is 2. The third kappa shape index (κ3) is 159. The van der Waals surface area contributed by atoms with Gasteiger partial charge < -0.3 is 35.3 Å². The average molecular weight is 2580 g/mol. The number of methoxy groups -OCH3 is 2. The van der Waals surface area contributed by atoms with Crippen molar-refractivity contribution in [3.8, 4) is 0 Å². The van der Waals surface area contributed by atoms with Crippen molar-refractivity contribution < 1.29 is 163 Å². The van der Waals surface area contributed by atoms with Gasteiger partial charge in [0.15, 0.2) is 17.4 Å². The van der Waals surface area contributed by atoms with Crippen molar-refractivity contribution in [3.05, 3.63) is 259 Å². The predicted octanol–water partition coefficient (Wildman–Crippen LogP) is 26.8. The molecule has 0 aliphatic carbocycles. The number of aliphatic hydroxyl groups excluding tert-OH is 1. The molecule has 0 aliphatic rings. The van der Waals surface area contributed by atoms with Crippen LogP contribution in [0.2, 0.25) is 0 Å². The Morgan fingerprint density at radius 3 is 0.931 bits per heavy atom. The zero-order chi connectivity index (χ0) is 98.4. The van der Waals surface area contributed by atoms with Crippen LogP contribution in [0.5, 0.6) is 0 Å². The van der Waals surface area contributed by atoms with E-state index in [9.17, 15) is 28.8 Å². The van der Waals surface area contributed by atoms with Crippen LogP contribution < -0.4 is 53.5 Å². The molecule has 0 fully saturated rings. The molecule has 745 valence electrons. The molecule has 0 aliphatic heterocycles. The van der Waals surface area contributed by atoms with Gasteiger partial charge in [0.05, 0.1) is 45.8 Å². The van der Waals surface area contributed by atoms with Crippen molar-refractivity contribution in [3.63, 3.8) is 0 Å². The molecule has 0 amide bonds. The van der Waals surface area contributed by atoms with Gasteiger partial charge in [0.25, 0.3) is 0 Å². The van der Waals surface area contributed by atoms with E-state index in [4.69, 9.17) is 26.9 Å². The molecule has 0 aromatic heterocycles. The second-order valence-electron chi connectivity index (χ2n) is 30.9. The smallest absolute Gasteiger partial charge is 0 e. The van der Waals surface area contributed by atoms with E-state index < -0.39 is 34.0 Å². The summed E-state index contributed by atoms with van der Waals surface area (Å²) in [5.41, 5.74) is 22.3. The molecule has 0 spiro atoms. The Hall–Kier alpha value is 0.243. The molecule has 1 atom stereocenters. The van der Waals surface area contributed by atoms with Crippen molar-refractivity contribution in [1.29, 1.82) is 0 Å². The largest absolute Gasteiger partial charge is 0 e. The van der Waals surface area contributed by atoms with Crippen LogP contribution in [0.4, 0.5) is 0 Å². The summed E-state index contributed by atoms with van der Waals surface area (Å²) in [7, 11) is 0.932. The number of carbonyl (C=O) groups is 4. The van der Waals surface area contributed by atoms with Crippen molar-refractivity contribution in [2.24, 2.45) is 0 Å². The van der Waals surface area contributed by atoms with E-state index in [1.807, 2.05) is 58.1 Å². The first-order valence-corrected chi connectivity index (χ1v) is 67.7. The van der Waals surface area contributed by atoms with Crippen molar-refractivity contribution in [2.75, 3.05) is 47.3 Å². The standard InChI is InChI=1S/C21H32O2.C20H32O.C20H30O.C15H24O.C15H26O.C10H19O5P.CH3O.2CH4.Al.5HI.Li.Mn.Na.2O.3V.4H/c1-17(2)10-7-11-18(3)12-8-13-19(4)14-9-15-20(5)16-21(22)23-6;2*1-17(2)9-6-10-18(3)11-7-12-19(4)13-8-14-20(5)15-16-21;1-13(2)7-5-8-14(3)9-6-10-15(4)11-12-16;1-6-15(5,16)12-8-11-14(4)10-7-9-13(2)3;1-5-14-16(12,15-6-2)8-9(3)7-10(11)13-4;1-2;;;;;;;;;;;;;;;;;;;;/h9-10,12,14-16H,7-8,11,13H2,1-6H3;8-9,11,13-15,21H,6-7,10,12,16H2,1-5H3;8-9,11,13-16H,6-7,10,12H2,1-5H3;7,9,11-12H,5-6,8,10H2,1-4H3;6,9,11,16H,1,7-8,10,12H2,2-5H3;7H,5-6,8H2,1-4H3;1H3;2*1H4;;5*1H;;;;;;;;;;;;/q;;;;;;-1;;;;;;;;;+1;;+1;;;;+2;+3;;;;-1/p-5/b15-9+,18-12+,19-14+,20-16+;2*14-8+,18-11+,19-13+,20-15+;14-9+,15-11+;14-11+;9-7+;;;;;;;;;;;;;;;;;;;;;. The van der Waals surface area contributed by atoms with Crippen LogP contribution in [0.3, 0.4) is 0 Å². The summed E-state index contributed by atoms with van der Waals surface area (Å²) in [6, 6.07) is 0. The summed E-state index contributed by atoms with van der Waals surface area (Å²) in [5, 5.41) is 26.7. The Morgan fingerprint density at radius 1 is 0.450 bits per heavy atom. The van der Waals surface area contributed by atoms with Crippen molar-refractivity contribution in [2.45, 2.75) is 329 Å². The number of aliphatic hydroxyl groups is 2. The van der Waals surface area contributed by atoms with Crippen LogP contribution in [0, 0.1) is 0 Å². The summed E-state index contributed by atoms with van der Waals surface area (Å²) in [5.74, 6) is -0.793. The summed E-state index contributed by atoms with van der Waals surface area (Å²) >= 11 is 10.7. The van der Waals surface area contributed by atoms with Crippen LogP contribution in [-0.2, 0) is 97.7 Å². The number of allylic oxidation sites excluding steroid dienone is 39. The fourth-order valence-corrected chi connectivity index (χ4v) is 11.4. The Balaban J connectivity index is -0.0000000776. The van der Waals surface area contributed by atoms with Gasteiger partial charge in [0, 0.05) is 30.7 Å². The number of carbonyl (C=O) groups excluding carboxylic acids is 4. The minimum Gasteiger partial charge on any atom is 0 e. The molecule has 1 unspecified atom stereocenters. The third-order valence-electron chi connectivity index (χ3n) is 16.7. The maximum atomic E-state index is 12.1. The monoisotopic (exact) mass is 2580 g/mol. The normalized spacial score (nSPS) is 12.2. The van der Waals surface area contributed by atoms with Crippen LogP contribution in [0.1, 0.15) is 325 Å². The average Bonchev–Trinajstić information content (AvgIpc) is 0.856. The van der Waals surface area contributed by atoms with Crippen LogP contribution in [0.15, 0.2) is 259 Å². The van der Waals surface area contributed by atoms with Crippen molar-refractivity contribution >= 4 is 149 Å². The molecule has 0 saturated heterocycles. The van der Waals surface area contributed by atoms with Crippen LogP contribution in [0.25, 0.3) is 0 Å². The molecule has 0 bridgehead atoms. The third-order valence-corrected chi connectivity index (χ3v) is 18.9. The maximum Gasteiger partial charge on any atom is 0 e. The minimum atomic E-state index is -3.12. The fraction of sp³-hybridized carbons (Fsp3) is 0.538. The molecule has 0 saturated carbocycles. The molecular formula is C104H178AlI5LiMnNaO14PV3. The molecule has 14 nitrogen and oxygen atoms in total. The Kier molecular flexibility index (Phi) is 159. The topological polar surface area (TPSA) is 220 Å². The quantitative estimate of drug-likeness (QED) is 0.00846. The van der Waals surface area contributed by atoms with E-state index in [1.165, 1.54) is 105 Å². The Labute approximate surface area is 934 Å². The van der Waals surface area contributed by atoms with Gasteiger partial charge in [0.2, 0.25) is 0 Å². The molecule has 2 N–H and O–H groups in total. The van der Waals surface area contributed by atoms with E-state index in [0.717, 1.165) is 164 Å². The second kappa shape index (κ2) is 124. The molecule has 131 heavy (non-hydrogen) atoms. The zero-order valence-electron chi connectivity index (χ0n) is 85.6. The summed E-state index contributed by atoms with van der Waals surface area (Å²) in [6.07, 6.45) is 74.1. The first kappa shape index (κ1) is 168. The van der Waals surface area contributed by atoms with Gasteiger partial charge in [-0.2, -0.15) is 7.11 Å². The Morgan fingerprint density at radius 2 is 0.687 bits per heavy atom. The van der Waals surface area contributed by atoms with E-state index >= 15 is 0 Å². The number of esters is 2. The zero-order valence-corrected chi connectivity index (χ0v) is 104. The second-order valence-corrected chi connectivity index (χ2v) is 80.3. The summed E-state index contributed by atoms with van der Waals surface area (Å²) in [4.78, 5) is 42.3. The van der Waals surface area contributed by atoms with Crippen LogP contribution >= 0.6 is 107 Å². The predicted molar refractivity (Wildman–Crippen MR) is 597 cm³/mol. The number of halogens is 5. The SMILES string of the molecule is C.C.C=CC(C)(O)CC/C=C(\C)CCC=C(C)C.CC(C)=CCC/C(C)=C/CC/C(C)=C/C=C/C(C)=C/C=O.CC(C)=CCC/C(C)=C/CC/C(C)=C/C=C/C(C)=C/CO.CC(C)=CCC/C(C)=C/CC/C(C)=C/C=O.CCOP(=O)(C/C(C)=C/C(=O)OC)OCC.COC(=O)/C=C(C)/C=C/C=C(\C)CC/C=C(\C)CCC=C(C)C.C[O-].[AlH3].[H-].[I][V]([I])[I].[I][V][I].[Li+].[Na+].[O]=[Mn]=[O].[V]. The molecule has 0 rings (SSSR count). The number of aldehydes is 2. The van der Waals surface area contributed by atoms with Crippen LogP contribution in [-0.4, -0.2) is 105 Å². The summed E-state index contributed by atoms with van der Waals surface area (Å²) in [6.45, 7) is 57.9. The van der Waals surface area contributed by atoms with E-state index in [-0.39, 0.29) is 124 Å². The van der Waals surface area contributed by atoms with Gasteiger partial charge in [-0.05, 0) is 332 Å². The maximum absolute atomic E-state index is 12.1. The van der Waals surface area contributed by atoms with E-state index in [0.29, 0.717) is 28.3 Å². The van der Waals surface area contributed by atoms with Gasteiger partial charge in [-0.1, -0.05) is 232 Å². The molecule has 1 radical (unpaired) electrons. The van der Waals surface area contributed by atoms with Gasteiger partial charge >= 0.3 is 205 Å². The minimum absolute atomic E-state index is 0. The van der Waals surface area contributed by atoms with Gasteiger partial charge in [-0.15, -0.1) is 6.58 Å². The summed E-state index contributed by atoms with van der Waals surface area (Å²) < 4.78 is 48.1. The molecule has 27 heteroatoms. The van der Waals surface area contributed by atoms with E-state index in [2.05, 4.69) is 326 Å². The molecular weight excluding hydrogens is 2400 g/mol. The number of ether oxygens (including phenoxy) is 2. The van der Waals surface area contributed by atoms with E-state index in [1.54, 1.807) is 52.0 Å². The van der Waals surface area contributed by atoms with Gasteiger partial charge in [0.1, 0.15) is 12.6 Å². The number of rotatable bonds is 48. The molecule has 0 aromatic carbocycles. The fourth-order valence-electron chi connectivity index (χ4n) is 9.69. The number of hydrogen-bond acceptors (Lipinski definition) is 14. The molecule has 0 heterocycles. The first-order valence-electron chi connectivity index (χ1n) is 42.4. The van der Waals surface area contributed by atoms with Crippen molar-refractivity contribution in [1.82, 2.24) is 0 Å². The Bertz CT molecular complexity index is 3660. The first-order chi connectivity index (χ1) is 58.7. The van der Waals surface area contributed by atoms with Gasteiger partial charge in [-0.25, -0.2) is 9.59 Å². The molecule has 0 aromatic rings. The van der Waals surface area contributed by atoms with Gasteiger partial charge in [-0.3, -0.25) is 14.2 Å².